The topological polar surface area (TPSA) is 34.4 Å². The molecular weight excluding hydrogens is 316 g/mol. The van der Waals surface area contributed by atoms with Crippen molar-refractivity contribution in [1.29, 1.82) is 0 Å². The minimum Gasteiger partial charge on any atom is -0.269 e. The molecule has 0 aliphatic heterocycles. The van der Waals surface area contributed by atoms with Gasteiger partial charge in [0.2, 0.25) is 0 Å². The smallest absolute Gasteiger partial charge is 0.258 e. The Kier molecular flexibility index (Phi) is 4.23. The number of aryl methyl sites for hydroxylation is 2. The van der Waals surface area contributed by atoms with Gasteiger partial charge in [-0.15, -0.1) is 11.8 Å². The highest BCUT2D eigenvalue weighted by atomic mass is 35.5. The summed E-state index contributed by atoms with van der Waals surface area (Å²) in [6.45, 7) is 4.17. The molecule has 0 aliphatic rings. The van der Waals surface area contributed by atoms with Crippen LogP contribution in [0.1, 0.15) is 16.8 Å². The van der Waals surface area contributed by atoms with Gasteiger partial charge in [0, 0.05) is 22.9 Å². The zero-order valence-corrected chi connectivity index (χ0v) is 13.9. The minimum atomic E-state index is -0.107. The summed E-state index contributed by atoms with van der Waals surface area (Å²) < 4.78 is 1.47. The molecule has 2 aromatic heterocycles. The van der Waals surface area contributed by atoms with Crippen LogP contribution in [0, 0.1) is 13.8 Å². The lowest BCUT2D eigenvalue weighted by Crippen LogP contribution is -2.15. The van der Waals surface area contributed by atoms with Crippen molar-refractivity contribution in [3.05, 3.63) is 74.8 Å². The second-order valence-electron chi connectivity index (χ2n) is 5.22. The summed E-state index contributed by atoms with van der Waals surface area (Å²) in [5.41, 5.74) is 3.75. The van der Waals surface area contributed by atoms with E-state index >= 15 is 0 Å². The number of rotatable bonds is 3. The maximum Gasteiger partial charge on any atom is 0.258 e. The van der Waals surface area contributed by atoms with E-state index in [0.29, 0.717) is 16.4 Å². The van der Waals surface area contributed by atoms with Crippen molar-refractivity contribution < 1.29 is 0 Å². The van der Waals surface area contributed by atoms with Crippen molar-refractivity contribution in [3.63, 3.8) is 0 Å². The fourth-order valence-electron chi connectivity index (χ4n) is 2.21. The molecular formula is C17H15ClN2OS. The van der Waals surface area contributed by atoms with E-state index < -0.39 is 0 Å². The van der Waals surface area contributed by atoms with Crippen LogP contribution in [0.3, 0.4) is 0 Å². The van der Waals surface area contributed by atoms with Gasteiger partial charge in [0.05, 0.1) is 10.7 Å². The Morgan fingerprint density at radius 1 is 1.18 bits per heavy atom. The van der Waals surface area contributed by atoms with Crippen molar-refractivity contribution in [2.75, 3.05) is 0 Å². The first kappa shape index (κ1) is 15.1. The molecule has 3 rings (SSSR count). The zero-order valence-electron chi connectivity index (χ0n) is 12.3. The molecule has 0 unspecified atom stereocenters. The second-order valence-corrected chi connectivity index (χ2v) is 6.67. The third-order valence-electron chi connectivity index (χ3n) is 3.40. The van der Waals surface area contributed by atoms with Gasteiger partial charge in [0.1, 0.15) is 5.65 Å². The van der Waals surface area contributed by atoms with Crippen LogP contribution in [0.5, 0.6) is 0 Å². The summed E-state index contributed by atoms with van der Waals surface area (Å²) >= 11 is 7.61. The van der Waals surface area contributed by atoms with Gasteiger partial charge in [-0.3, -0.25) is 9.20 Å². The van der Waals surface area contributed by atoms with E-state index in [1.165, 1.54) is 20.4 Å². The van der Waals surface area contributed by atoms with Crippen LogP contribution in [-0.4, -0.2) is 9.38 Å². The number of hydrogen-bond acceptors (Lipinski definition) is 3. The fourth-order valence-corrected chi connectivity index (χ4v) is 3.39. The van der Waals surface area contributed by atoms with Crippen LogP contribution in [0.2, 0.25) is 5.02 Å². The highest BCUT2D eigenvalue weighted by Gasteiger charge is 2.05. The molecule has 0 N–H and O–H groups in total. The van der Waals surface area contributed by atoms with Gasteiger partial charge in [0.25, 0.3) is 5.56 Å². The third-order valence-corrected chi connectivity index (χ3v) is 4.81. The van der Waals surface area contributed by atoms with Crippen molar-refractivity contribution >= 4 is 29.0 Å². The minimum absolute atomic E-state index is 0.107. The van der Waals surface area contributed by atoms with Gasteiger partial charge < -0.3 is 0 Å². The molecule has 0 amide bonds. The van der Waals surface area contributed by atoms with Crippen LogP contribution in [0.25, 0.3) is 5.65 Å². The largest absolute Gasteiger partial charge is 0.269 e. The second kappa shape index (κ2) is 6.15. The number of pyridine rings is 1. The van der Waals surface area contributed by atoms with Gasteiger partial charge in [0.15, 0.2) is 0 Å². The highest BCUT2D eigenvalue weighted by molar-refractivity contribution is 7.98. The zero-order chi connectivity index (χ0) is 15.7. The van der Waals surface area contributed by atoms with E-state index in [0.717, 1.165) is 5.69 Å². The average molecular weight is 331 g/mol. The Labute approximate surface area is 138 Å². The molecule has 0 bridgehead atoms. The Balaban J connectivity index is 1.90. The Morgan fingerprint density at radius 2 is 2.00 bits per heavy atom. The lowest BCUT2D eigenvalue weighted by atomic mass is 10.2. The number of aromatic nitrogens is 2. The molecule has 3 nitrogen and oxygen atoms in total. The summed E-state index contributed by atoms with van der Waals surface area (Å²) in [5.74, 6) is 0.665. The molecule has 0 saturated heterocycles. The molecule has 0 spiro atoms. The fraction of sp³-hybridized carbons (Fsp3) is 0.176. The Bertz CT molecular complexity index is 905. The normalized spacial score (nSPS) is 11.0. The summed E-state index contributed by atoms with van der Waals surface area (Å²) in [6.07, 6.45) is 1.59. The number of fused-ring (bicyclic) bond motifs is 1. The van der Waals surface area contributed by atoms with Crippen LogP contribution in [-0.2, 0) is 5.75 Å². The summed E-state index contributed by atoms with van der Waals surface area (Å²) in [7, 11) is 0. The maximum atomic E-state index is 12.1. The third kappa shape index (κ3) is 3.18. The van der Waals surface area contributed by atoms with Gasteiger partial charge in [-0.05, 0) is 37.6 Å². The maximum absolute atomic E-state index is 12.1. The van der Waals surface area contributed by atoms with Crippen LogP contribution < -0.4 is 5.56 Å². The Morgan fingerprint density at radius 3 is 2.82 bits per heavy atom. The Hall–Kier alpha value is -1.78. The van der Waals surface area contributed by atoms with E-state index in [-0.39, 0.29) is 5.56 Å². The first-order valence-electron chi connectivity index (χ1n) is 6.91. The summed E-state index contributed by atoms with van der Waals surface area (Å²) in [4.78, 5) is 17.9. The molecule has 5 heteroatoms. The van der Waals surface area contributed by atoms with Gasteiger partial charge in [-0.1, -0.05) is 29.3 Å². The number of benzene rings is 1. The molecule has 0 radical (unpaired) electrons. The predicted molar refractivity (Wildman–Crippen MR) is 91.9 cm³/mol. The molecule has 0 aliphatic carbocycles. The number of halogens is 1. The van der Waals surface area contributed by atoms with Crippen LogP contribution in [0.15, 0.2) is 52.3 Å². The highest BCUT2D eigenvalue weighted by Crippen LogP contribution is 2.26. The van der Waals surface area contributed by atoms with Crippen molar-refractivity contribution in [1.82, 2.24) is 9.38 Å². The van der Waals surface area contributed by atoms with Gasteiger partial charge in [-0.2, -0.15) is 0 Å². The lowest BCUT2D eigenvalue weighted by molar-refractivity contribution is 1.01. The van der Waals surface area contributed by atoms with Crippen LogP contribution >= 0.6 is 23.4 Å². The first-order chi connectivity index (χ1) is 10.5. The van der Waals surface area contributed by atoms with E-state index in [2.05, 4.69) is 37.0 Å². The SMILES string of the molecule is Cc1ccc(C)c(SCc2cc(=O)n3cc(Cl)ccc3n2)c1. The molecule has 3 aromatic rings. The standard InChI is InChI=1S/C17H15ClN2OS/c1-11-3-4-12(2)15(7-11)22-10-14-8-17(21)20-9-13(18)5-6-16(20)19-14/h3-9H,10H2,1-2H3. The van der Waals surface area contributed by atoms with Crippen molar-refractivity contribution in [2.24, 2.45) is 0 Å². The van der Waals surface area contributed by atoms with E-state index in [4.69, 9.17) is 11.6 Å². The van der Waals surface area contributed by atoms with Gasteiger partial charge >= 0.3 is 0 Å². The summed E-state index contributed by atoms with van der Waals surface area (Å²) in [6, 6.07) is 11.4. The molecule has 112 valence electrons. The lowest BCUT2D eigenvalue weighted by Gasteiger charge is -2.07. The monoisotopic (exact) mass is 330 g/mol. The quantitative estimate of drug-likeness (QED) is 0.673. The van der Waals surface area contributed by atoms with Crippen molar-refractivity contribution in [2.45, 2.75) is 24.5 Å². The number of hydrogen-bond donors (Lipinski definition) is 0. The number of nitrogens with zero attached hydrogens (tertiary/aromatic N) is 2. The molecule has 0 fully saturated rings. The average Bonchev–Trinajstić information content (AvgIpc) is 2.49. The molecule has 1 aromatic carbocycles. The molecule has 22 heavy (non-hydrogen) atoms. The van der Waals surface area contributed by atoms with Crippen molar-refractivity contribution in [3.8, 4) is 0 Å². The van der Waals surface area contributed by atoms with E-state index in [1.54, 1.807) is 36.2 Å². The predicted octanol–water partition coefficient (Wildman–Crippen LogP) is 4.26. The van der Waals surface area contributed by atoms with E-state index in [9.17, 15) is 4.79 Å². The van der Waals surface area contributed by atoms with E-state index in [1.807, 2.05) is 0 Å². The molecule has 0 atom stereocenters. The van der Waals surface area contributed by atoms with Crippen LogP contribution in [0.4, 0.5) is 0 Å². The molecule has 0 saturated carbocycles. The molecule has 2 heterocycles. The first-order valence-corrected chi connectivity index (χ1v) is 8.27. The summed E-state index contributed by atoms with van der Waals surface area (Å²) in [5, 5.41) is 0.522. The van der Waals surface area contributed by atoms with Gasteiger partial charge in [-0.25, -0.2) is 4.98 Å². The number of thioether (sulfide) groups is 1.